The molecule has 9 heteroatoms. The molecule has 5 rings (SSSR count). The van der Waals surface area contributed by atoms with Crippen LogP contribution < -0.4 is 5.32 Å². The van der Waals surface area contributed by atoms with Crippen LogP contribution in [0.2, 0.25) is 0 Å². The first-order chi connectivity index (χ1) is 14.7. The van der Waals surface area contributed by atoms with Gasteiger partial charge in [0, 0.05) is 41.9 Å². The van der Waals surface area contributed by atoms with Crippen molar-refractivity contribution in [2.24, 2.45) is 5.92 Å². The van der Waals surface area contributed by atoms with Crippen LogP contribution in [0.1, 0.15) is 29.2 Å². The Balaban J connectivity index is 1.35. The molecule has 1 aromatic carbocycles. The van der Waals surface area contributed by atoms with Crippen molar-refractivity contribution in [3.63, 3.8) is 0 Å². The SMILES string of the molecule is Cc1[nH]c(C(=O)NCC2CCOCC2)nc1-c1ccc2[nH]c(-c3ncno3)cc2c1. The Hall–Kier alpha value is -3.46. The molecule has 9 nitrogen and oxygen atoms in total. The van der Waals surface area contributed by atoms with Gasteiger partial charge in [-0.05, 0) is 43.9 Å². The van der Waals surface area contributed by atoms with Crippen molar-refractivity contribution < 1.29 is 14.1 Å². The summed E-state index contributed by atoms with van der Waals surface area (Å²) in [5, 5.41) is 7.63. The maximum atomic E-state index is 12.6. The molecule has 1 aliphatic heterocycles. The van der Waals surface area contributed by atoms with E-state index in [2.05, 4.69) is 30.4 Å². The summed E-state index contributed by atoms with van der Waals surface area (Å²) in [4.78, 5) is 27.6. The Bertz CT molecular complexity index is 1170. The van der Waals surface area contributed by atoms with E-state index in [-0.39, 0.29) is 5.91 Å². The molecule has 1 aliphatic rings. The van der Waals surface area contributed by atoms with Crippen molar-refractivity contribution in [1.29, 1.82) is 0 Å². The van der Waals surface area contributed by atoms with Crippen LogP contribution >= 0.6 is 0 Å². The van der Waals surface area contributed by atoms with Gasteiger partial charge in [0.15, 0.2) is 12.2 Å². The van der Waals surface area contributed by atoms with Gasteiger partial charge >= 0.3 is 0 Å². The maximum absolute atomic E-state index is 12.6. The molecule has 3 aromatic heterocycles. The Morgan fingerprint density at radius 1 is 1.23 bits per heavy atom. The highest BCUT2D eigenvalue weighted by atomic mass is 16.5. The lowest BCUT2D eigenvalue weighted by molar-refractivity contribution is 0.0641. The summed E-state index contributed by atoms with van der Waals surface area (Å²) in [5.74, 6) is 1.04. The zero-order valence-electron chi connectivity index (χ0n) is 16.6. The second-order valence-corrected chi connectivity index (χ2v) is 7.56. The average molecular weight is 406 g/mol. The highest BCUT2D eigenvalue weighted by Crippen LogP contribution is 2.28. The normalized spacial score (nSPS) is 15.0. The van der Waals surface area contributed by atoms with Gasteiger partial charge in [0.05, 0.1) is 5.69 Å². The van der Waals surface area contributed by atoms with Crippen LogP contribution in [0.25, 0.3) is 33.7 Å². The molecule has 0 atom stereocenters. The van der Waals surface area contributed by atoms with E-state index >= 15 is 0 Å². The number of fused-ring (bicyclic) bond motifs is 1. The predicted molar refractivity (Wildman–Crippen MR) is 110 cm³/mol. The van der Waals surface area contributed by atoms with Crippen LogP contribution in [-0.2, 0) is 4.74 Å². The molecule has 0 bridgehead atoms. The summed E-state index contributed by atoms with van der Waals surface area (Å²) in [5.41, 5.74) is 4.24. The lowest BCUT2D eigenvalue weighted by atomic mass is 10.0. The molecule has 0 unspecified atom stereocenters. The highest BCUT2D eigenvalue weighted by Gasteiger charge is 2.19. The summed E-state index contributed by atoms with van der Waals surface area (Å²) in [6, 6.07) is 7.93. The molecule has 30 heavy (non-hydrogen) atoms. The van der Waals surface area contributed by atoms with Gasteiger partial charge in [0.2, 0.25) is 0 Å². The smallest absolute Gasteiger partial charge is 0.287 e. The number of amides is 1. The van der Waals surface area contributed by atoms with Crippen LogP contribution in [0.4, 0.5) is 0 Å². The lowest BCUT2D eigenvalue weighted by Gasteiger charge is -2.21. The number of rotatable bonds is 5. The summed E-state index contributed by atoms with van der Waals surface area (Å²) in [6.45, 7) is 4.09. The second-order valence-electron chi connectivity index (χ2n) is 7.56. The number of benzene rings is 1. The van der Waals surface area contributed by atoms with E-state index in [4.69, 9.17) is 9.26 Å². The molecule has 0 saturated carbocycles. The van der Waals surface area contributed by atoms with Gasteiger partial charge in [-0.2, -0.15) is 4.98 Å². The molecule has 1 amide bonds. The Morgan fingerprint density at radius 2 is 2.10 bits per heavy atom. The number of hydrogen-bond acceptors (Lipinski definition) is 6. The quantitative estimate of drug-likeness (QED) is 0.468. The summed E-state index contributed by atoms with van der Waals surface area (Å²) < 4.78 is 10.5. The molecule has 154 valence electrons. The molecule has 0 aliphatic carbocycles. The standard InChI is InChI=1S/C21H22N6O3/c1-12-18(27-19(25-12)20(28)22-10-13-4-6-29-7-5-13)14-2-3-16-15(8-14)9-17(26-16)21-23-11-24-30-21/h2-3,8-9,11,13,26H,4-7,10H2,1H3,(H,22,28)(H,25,27). The zero-order chi connectivity index (χ0) is 20.5. The first-order valence-corrected chi connectivity index (χ1v) is 10.00. The van der Waals surface area contributed by atoms with Gasteiger partial charge in [-0.25, -0.2) is 4.98 Å². The van der Waals surface area contributed by atoms with Gasteiger partial charge in [-0.3, -0.25) is 4.79 Å². The number of aromatic amines is 2. The molecule has 0 radical (unpaired) electrons. The van der Waals surface area contributed by atoms with Crippen molar-refractivity contribution in [2.45, 2.75) is 19.8 Å². The van der Waals surface area contributed by atoms with Crippen molar-refractivity contribution in [3.05, 3.63) is 42.1 Å². The van der Waals surface area contributed by atoms with Gasteiger partial charge in [-0.1, -0.05) is 11.2 Å². The largest absolute Gasteiger partial charge is 0.381 e. The molecular weight excluding hydrogens is 384 g/mol. The van der Waals surface area contributed by atoms with Crippen molar-refractivity contribution >= 4 is 16.8 Å². The lowest BCUT2D eigenvalue weighted by Crippen LogP contribution is -2.32. The van der Waals surface area contributed by atoms with E-state index in [0.717, 1.165) is 59.6 Å². The minimum Gasteiger partial charge on any atom is -0.381 e. The van der Waals surface area contributed by atoms with E-state index < -0.39 is 0 Å². The molecule has 1 fully saturated rings. The molecule has 0 spiro atoms. The third-order valence-corrected chi connectivity index (χ3v) is 5.48. The Labute approximate surface area is 172 Å². The number of H-pyrrole nitrogens is 2. The first kappa shape index (κ1) is 18.6. The number of imidazole rings is 1. The predicted octanol–water partition coefficient (Wildman–Crippen LogP) is 3.07. The zero-order valence-corrected chi connectivity index (χ0v) is 16.6. The maximum Gasteiger partial charge on any atom is 0.287 e. The Morgan fingerprint density at radius 3 is 2.90 bits per heavy atom. The number of aryl methyl sites for hydroxylation is 1. The van der Waals surface area contributed by atoms with Gasteiger partial charge in [-0.15, -0.1) is 0 Å². The number of nitrogens with zero attached hydrogens (tertiary/aromatic N) is 3. The van der Waals surface area contributed by atoms with Crippen LogP contribution in [-0.4, -0.2) is 50.8 Å². The van der Waals surface area contributed by atoms with E-state index in [1.54, 1.807) is 0 Å². The minimum atomic E-state index is -0.183. The van der Waals surface area contributed by atoms with E-state index in [1.165, 1.54) is 6.33 Å². The van der Waals surface area contributed by atoms with Crippen LogP contribution in [0, 0.1) is 12.8 Å². The average Bonchev–Trinajstić information content (AvgIpc) is 3.51. The summed E-state index contributed by atoms with van der Waals surface area (Å²) >= 11 is 0. The second kappa shape index (κ2) is 7.75. The molecular formula is C21H22N6O3. The number of aromatic nitrogens is 5. The van der Waals surface area contributed by atoms with Crippen molar-refractivity contribution in [1.82, 2.24) is 30.4 Å². The first-order valence-electron chi connectivity index (χ1n) is 10.00. The Kier molecular flexibility index (Phi) is 4.80. The van der Waals surface area contributed by atoms with Crippen LogP contribution in [0.15, 0.2) is 35.1 Å². The number of carbonyl (C=O) groups excluding carboxylic acids is 1. The fourth-order valence-corrected chi connectivity index (χ4v) is 3.81. The third-order valence-electron chi connectivity index (χ3n) is 5.48. The van der Waals surface area contributed by atoms with Crippen LogP contribution in [0.5, 0.6) is 0 Å². The number of nitrogens with one attached hydrogen (secondary N) is 3. The fraction of sp³-hybridized carbons (Fsp3) is 0.333. The monoisotopic (exact) mass is 406 g/mol. The van der Waals surface area contributed by atoms with E-state index in [0.29, 0.717) is 24.2 Å². The molecule has 3 N–H and O–H groups in total. The van der Waals surface area contributed by atoms with E-state index in [1.807, 2.05) is 31.2 Å². The van der Waals surface area contributed by atoms with E-state index in [9.17, 15) is 4.79 Å². The highest BCUT2D eigenvalue weighted by molar-refractivity contribution is 5.92. The number of ether oxygens (including phenoxy) is 1. The topological polar surface area (TPSA) is 122 Å². The third kappa shape index (κ3) is 3.59. The molecule has 4 heterocycles. The van der Waals surface area contributed by atoms with Crippen LogP contribution in [0.3, 0.4) is 0 Å². The number of carbonyl (C=O) groups is 1. The van der Waals surface area contributed by atoms with Crippen molar-refractivity contribution in [2.75, 3.05) is 19.8 Å². The van der Waals surface area contributed by atoms with Gasteiger partial charge in [0.1, 0.15) is 5.69 Å². The van der Waals surface area contributed by atoms with Gasteiger partial charge in [0.25, 0.3) is 11.8 Å². The summed E-state index contributed by atoms with van der Waals surface area (Å²) in [6.07, 6.45) is 3.32. The molecule has 1 saturated heterocycles. The minimum absolute atomic E-state index is 0.183. The van der Waals surface area contributed by atoms with Gasteiger partial charge < -0.3 is 24.5 Å². The molecule has 4 aromatic rings. The van der Waals surface area contributed by atoms with Crippen molar-refractivity contribution in [3.8, 4) is 22.8 Å². The summed E-state index contributed by atoms with van der Waals surface area (Å²) in [7, 11) is 0. The number of hydrogen-bond donors (Lipinski definition) is 3. The fourth-order valence-electron chi connectivity index (χ4n) is 3.81.